The number of hydrogen-bond acceptors (Lipinski definition) is 6. The molecule has 0 atom stereocenters. The fraction of sp³-hybridized carbons (Fsp3) is 0.462. The van der Waals surface area contributed by atoms with Crippen molar-refractivity contribution in [2.75, 3.05) is 39.4 Å². The Kier molecular flexibility index (Phi) is 8.41. The van der Waals surface area contributed by atoms with Crippen LogP contribution in [0.2, 0.25) is 0 Å². The first-order chi connectivity index (χ1) is 15.9. The second-order valence-corrected chi connectivity index (χ2v) is 8.18. The van der Waals surface area contributed by atoms with Gasteiger partial charge in [-0.25, -0.2) is 0 Å². The summed E-state index contributed by atoms with van der Waals surface area (Å²) >= 11 is 0. The number of benzene rings is 2. The maximum atomic E-state index is 5.87. The molecule has 0 amide bonds. The van der Waals surface area contributed by atoms with Gasteiger partial charge in [0.15, 0.2) is 0 Å². The quantitative estimate of drug-likeness (QED) is 0.464. The molecule has 4 rings (SSSR count). The minimum absolute atomic E-state index is 0.777. The van der Waals surface area contributed by atoms with Crippen LogP contribution in [0.25, 0.3) is 0 Å². The Hall–Kier alpha value is -3.02. The summed E-state index contributed by atoms with van der Waals surface area (Å²) in [4.78, 5) is 8.88. The van der Waals surface area contributed by atoms with Gasteiger partial charge in [0.25, 0.3) is 0 Å². The molecule has 2 N–H and O–H groups in total. The van der Waals surface area contributed by atoms with Gasteiger partial charge in [0.1, 0.15) is 23.2 Å². The maximum Gasteiger partial charge on any atom is 0.128 e. The lowest BCUT2D eigenvalue weighted by atomic mass is 10.1. The molecule has 2 aliphatic rings. The van der Waals surface area contributed by atoms with E-state index in [0.29, 0.717) is 0 Å². The van der Waals surface area contributed by atoms with E-state index in [0.717, 1.165) is 86.5 Å². The van der Waals surface area contributed by atoms with Crippen molar-refractivity contribution in [2.24, 2.45) is 9.98 Å². The largest absolute Gasteiger partial charge is 0.494 e. The summed E-state index contributed by atoms with van der Waals surface area (Å²) < 4.78 is 11.7. The summed E-state index contributed by atoms with van der Waals surface area (Å²) in [6, 6.07) is 16.4. The number of nitrogens with zero attached hydrogens (tertiary/aromatic N) is 2. The predicted molar refractivity (Wildman–Crippen MR) is 130 cm³/mol. The molecule has 2 aliphatic heterocycles. The summed E-state index contributed by atoms with van der Waals surface area (Å²) in [5, 5.41) is 6.58. The molecule has 0 saturated carbocycles. The lowest BCUT2D eigenvalue weighted by Gasteiger charge is -2.08. The first-order valence-electron chi connectivity index (χ1n) is 11.9. The fourth-order valence-corrected chi connectivity index (χ4v) is 3.89. The van der Waals surface area contributed by atoms with Crippen molar-refractivity contribution < 1.29 is 9.47 Å². The van der Waals surface area contributed by atoms with E-state index in [1.807, 2.05) is 24.3 Å². The van der Waals surface area contributed by atoms with Gasteiger partial charge in [-0.15, -0.1) is 0 Å². The minimum atomic E-state index is 0.777. The maximum absolute atomic E-state index is 5.87. The summed E-state index contributed by atoms with van der Waals surface area (Å²) in [6.45, 7) is 5.15. The van der Waals surface area contributed by atoms with Crippen LogP contribution in [-0.2, 0) is 0 Å². The van der Waals surface area contributed by atoms with Crippen molar-refractivity contribution in [3.05, 3.63) is 59.7 Å². The van der Waals surface area contributed by atoms with Crippen molar-refractivity contribution in [1.29, 1.82) is 0 Å². The average molecular weight is 435 g/mol. The Morgan fingerprint density at radius 1 is 0.562 bits per heavy atom. The molecular formula is C26H34N4O2. The van der Waals surface area contributed by atoms with Crippen LogP contribution in [-0.4, -0.2) is 51.1 Å². The number of unbranched alkanes of at least 4 members (excludes halogenated alkanes) is 5. The Bertz CT molecular complexity index is 816. The highest BCUT2D eigenvalue weighted by molar-refractivity contribution is 6.00. The van der Waals surface area contributed by atoms with Crippen molar-refractivity contribution in [3.63, 3.8) is 0 Å². The summed E-state index contributed by atoms with van der Waals surface area (Å²) in [5.41, 5.74) is 2.26. The molecule has 0 radical (unpaired) electrons. The topological polar surface area (TPSA) is 67.2 Å². The highest BCUT2D eigenvalue weighted by atomic mass is 16.5. The molecule has 32 heavy (non-hydrogen) atoms. The second-order valence-electron chi connectivity index (χ2n) is 8.18. The molecule has 2 aromatic carbocycles. The molecule has 2 heterocycles. The second kappa shape index (κ2) is 12.1. The van der Waals surface area contributed by atoms with E-state index in [2.05, 4.69) is 44.9 Å². The predicted octanol–water partition coefficient (Wildman–Crippen LogP) is 4.18. The van der Waals surface area contributed by atoms with Crippen LogP contribution in [0.15, 0.2) is 58.5 Å². The Morgan fingerprint density at radius 3 is 1.34 bits per heavy atom. The zero-order valence-electron chi connectivity index (χ0n) is 18.8. The zero-order valence-corrected chi connectivity index (χ0v) is 18.8. The smallest absolute Gasteiger partial charge is 0.128 e. The molecular weight excluding hydrogens is 400 g/mol. The van der Waals surface area contributed by atoms with Gasteiger partial charge in [-0.3, -0.25) is 9.98 Å². The molecule has 0 aliphatic carbocycles. The lowest BCUT2D eigenvalue weighted by molar-refractivity contribution is 0.297. The van der Waals surface area contributed by atoms with Crippen LogP contribution in [0.1, 0.15) is 49.7 Å². The Labute approximate surface area is 191 Å². The molecule has 0 aromatic heterocycles. The van der Waals surface area contributed by atoms with Gasteiger partial charge in [0.05, 0.1) is 26.3 Å². The van der Waals surface area contributed by atoms with Gasteiger partial charge < -0.3 is 20.1 Å². The molecule has 2 aromatic rings. The third kappa shape index (κ3) is 6.74. The molecule has 6 heteroatoms. The molecule has 0 unspecified atom stereocenters. The van der Waals surface area contributed by atoms with Crippen molar-refractivity contribution in [3.8, 4) is 11.5 Å². The number of hydrogen-bond donors (Lipinski definition) is 2. The van der Waals surface area contributed by atoms with E-state index < -0.39 is 0 Å². The van der Waals surface area contributed by atoms with Gasteiger partial charge in [0, 0.05) is 24.2 Å². The van der Waals surface area contributed by atoms with E-state index in [1.54, 1.807) is 0 Å². The van der Waals surface area contributed by atoms with Crippen molar-refractivity contribution in [2.45, 2.75) is 38.5 Å². The standard InChI is InChI=1S/C26H34N4O2/c1(3-5-19-31-23-11-7-21(8-12-23)25-27-15-16-28-25)2-4-6-20-32-24-13-9-22(10-14-24)26-29-17-18-30-26/h7-14H,1-6,15-20H2,(H,27,28)(H,29,30). The van der Waals surface area contributed by atoms with Crippen molar-refractivity contribution >= 4 is 11.7 Å². The molecule has 0 fully saturated rings. The van der Waals surface area contributed by atoms with Crippen LogP contribution in [0, 0.1) is 0 Å². The van der Waals surface area contributed by atoms with Gasteiger partial charge in [-0.2, -0.15) is 0 Å². The first kappa shape index (κ1) is 22.2. The molecule has 0 spiro atoms. The van der Waals surface area contributed by atoms with Gasteiger partial charge in [0.2, 0.25) is 0 Å². The van der Waals surface area contributed by atoms with Crippen LogP contribution < -0.4 is 20.1 Å². The van der Waals surface area contributed by atoms with Gasteiger partial charge >= 0.3 is 0 Å². The van der Waals surface area contributed by atoms with E-state index in [4.69, 9.17) is 9.47 Å². The third-order valence-corrected chi connectivity index (χ3v) is 5.68. The Morgan fingerprint density at radius 2 is 0.969 bits per heavy atom. The highest BCUT2D eigenvalue weighted by Gasteiger charge is 2.08. The zero-order chi connectivity index (χ0) is 21.8. The number of aliphatic imine (C=N–C) groups is 2. The van der Waals surface area contributed by atoms with Crippen LogP contribution in [0.5, 0.6) is 11.5 Å². The monoisotopic (exact) mass is 434 g/mol. The average Bonchev–Trinajstić information content (AvgIpc) is 3.56. The highest BCUT2D eigenvalue weighted by Crippen LogP contribution is 2.16. The molecule has 0 saturated heterocycles. The summed E-state index contributed by atoms with van der Waals surface area (Å²) in [6.07, 6.45) is 7.10. The van der Waals surface area contributed by atoms with Crippen molar-refractivity contribution in [1.82, 2.24) is 10.6 Å². The van der Waals surface area contributed by atoms with Crippen LogP contribution in [0.3, 0.4) is 0 Å². The fourth-order valence-electron chi connectivity index (χ4n) is 3.89. The summed E-state index contributed by atoms with van der Waals surface area (Å²) in [7, 11) is 0. The normalized spacial score (nSPS) is 15.0. The van der Waals surface area contributed by atoms with E-state index >= 15 is 0 Å². The van der Waals surface area contributed by atoms with Gasteiger partial charge in [-0.05, 0) is 61.4 Å². The van der Waals surface area contributed by atoms with Crippen LogP contribution in [0.4, 0.5) is 0 Å². The van der Waals surface area contributed by atoms with E-state index in [1.165, 1.54) is 25.7 Å². The van der Waals surface area contributed by atoms with E-state index in [9.17, 15) is 0 Å². The van der Waals surface area contributed by atoms with E-state index in [-0.39, 0.29) is 0 Å². The number of rotatable bonds is 13. The molecule has 6 nitrogen and oxygen atoms in total. The summed E-state index contributed by atoms with van der Waals surface area (Å²) in [5.74, 6) is 3.86. The number of amidine groups is 2. The third-order valence-electron chi connectivity index (χ3n) is 5.68. The minimum Gasteiger partial charge on any atom is -0.494 e. The molecule has 170 valence electrons. The number of ether oxygens (including phenoxy) is 2. The SMILES string of the molecule is c1cc(C2=NCCN2)ccc1OCCCCCCCCOc1ccc(C2=NCCN2)cc1. The number of nitrogens with one attached hydrogen (secondary N) is 2. The van der Waals surface area contributed by atoms with Gasteiger partial charge in [-0.1, -0.05) is 25.7 Å². The Balaban J connectivity index is 0.994. The van der Waals surface area contributed by atoms with Crippen LogP contribution >= 0.6 is 0 Å². The molecule has 0 bridgehead atoms. The first-order valence-corrected chi connectivity index (χ1v) is 11.9. The lowest BCUT2D eigenvalue weighted by Crippen LogP contribution is -2.19.